The van der Waals surface area contributed by atoms with Gasteiger partial charge in [0.1, 0.15) is 12.4 Å². The van der Waals surface area contributed by atoms with Gasteiger partial charge in [0.15, 0.2) is 11.4 Å². The molecule has 1 saturated heterocycles. The van der Waals surface area contributed by atoms with Crippen molar-refractivity contribution in [2.24, 2.45) is 5.92 Å². The van der Waals surface area contributed by atoms with E-state index in [-0.39, 0.29) is 23.9 Å². The van der Waals surface area contributed by atoms with E-state index in [4.69, 9.17) is 4.74 Å². The van der Waals surface area contributed by atoms with E-state index in [1.165, 1.54) is 12.8 Å². The number of carbonyl (C=O) groups is 1. The maximum atomic E-state index is 11.7. The number of carboxylic acid groups (broad SMARTS) is 1. The second-order valence-electron chi connectivity index (χ2n) is 7.07. The van der Waals surface area contributed by atoms with Crippen molar-refractivity contribution < 1.29 is 14.6 Å². The van der Waals surface area contributed by atoms with E-state index in [0.29, 0.717) is 24.5 Å². The molecular weight excluding hydrogens is 378 g/mol. The Morgan fingerprint density at radius 3 is 2.61 bits per heavy atom. The van der Waals surface area contributed by atoms with Crippen LogP contribution in [0.5, 0.6) is 5.75 Å². The molecule has 7 heteroatoms. The third-order valence-corrected chi connectivity index (χ3v) is 4.98. The van der Waals surface area contributed by atoms with Gasteiger partial charge in [-0.2, -0.15) is 0 Å². The maximum Gasteiger partial charge on any atom is 0.358 e. The number of hydrogen-bond donors (Lipinski definition) is 2. The van der Waals surface area contributed by atoms with E-state index >= 15 is 0 Å². The van der Waals surface area contributed by atoms with Gasteiger partial charge in [0, 0.05) is 6.42 Å². The number of aromatic carboxylic acids is 1. The van der Waals surface area contributed by atoms with Gasteiger partial charge in [-0.05, 0) is 57.2 Å². The molecular formula is C21H28ClN3O3. The zero-order valence-corrected chi connectivity index (χ0v) is 17.0. The van der Waals surface area contributed by atoms with Crippen molar-refractivity contribution in [1.82, 2.24) is 15.3 Å². The average molecular weight is 406 g/mol. The van der Waals surface area contributed by atoms with Crippen molar-refractivity contribution >= 4 is 18.4 Å². The lowest BCUT2D eigenvalue weighted by Gasteiger charge is -2.22. The topological polar surface area (TPSA) is 84.3 Å². The number of rotatable bonds is 8. The first kappa shape index (κ1) is 22.1. The highest BCUT2D eigenvalue weighted by atomic mass is 35.5. The van der Waals surface area contributed by atoms with Crippen LogP contribution in [0.4, 0.5) is 0 Å². The molecule has 0 atom stereocenters. The summed E-state index contributed by atoms with van der Waals surface area (Å²) in [4.78, 5) is 20.5. The van der Waals surface area contributed by atoms with Crippen LogP contribution < -0.4 is 10.1 Å². The van der Waals surface area contributed by atoms with Crippen molar-refractivity contribution in [3.05, 3.63) is 53.1 Å². The van der Waals surface area contributed by atoms with Gasteiger partial charge in [0.2, 0.25) is 0 Å². The quantitative estimate of drug-likeness (QED) is 0.694. The summed E-state index contributed by atoms with van der Waals surface area (Å²) in [5, 5.41) is 12.9. The highest BCUT2D eigenvalue weighted by molar-refractivity contribution is 5.88. The SMILES string of the molecule is Cc1nc(CCCC2CCNCC2)nc(C(=O)O)c1OCc1ccccc1.Cl. The zero-order valence-electron chi connectivity index (χ0n) is 16.2. The van der Waals surface area contributed by atoms with E-state index in [2.05, 4.69) is 15.3 Å². The van der Waals surface area contributed by atoms with Gasteiger partial charge in [-0.1, -0.05) is 30.3 Å². The van der Waals surface area contributed by atoms with Crippen LogP contribution in [0.3, 0.4) is 0 Å². The number of nitrogens with one attached hydrogen (secondary N) is 1. The molecule has 0 aliphatic carbocycles. The van der Waals surface area contributed by atoms with Crippen LogP contribution in [0.2, 0.25) is 0 Å². The number of aryl methyl sites for hydroxylation is 2. The van der Waals surface area contributed by atoms with E-state index in [9.17, 15) is 9.90 Å². The molecule has 1 aromatic heterocycles. The van der Waals surface area contributed by atoms with Crippen LogP contribution >= 0.6 is 12.4 Å². The van der Waals surface area contributed by atoms with Crippen molar-refractivity contribution in [3.8, 4) is 5.75 Å². The summed E-state index contributed by atoms with van der Waals surface area (Å²) in [6.45, 7) is 4.26. The number of piperidine rings is 1. The fourth-order valence-electron chi connectivity index (χ4n) is 3.50. The molecule has 0 bridgehead atoms. The standard InChI is InChI=1S/C21H27N3O3.ClH/c1-15-20(27-14-17-6-3-2-4-7-17)19(21(25)26)24-18(23-15)9-5-8-16-10-12-22-13-11-16;/h2-4,6-7,16,22H,5,8-14H2,1H3,(H,25,26);1H. The Morgan fingerprint density at radius 1 is 1.21 bits per heavy atom. The first-order valence-corrected chi connectivity index (χ1v) is 9.61. The van der Waals surface area contributed by atoms with E-state index < -0.39 is 5.97 Å². The van der Waals surface area contributed by atoms with Crippen LogP contribution in [0.25, 0.3) is 0 Å². The largest absolute Gasteiger partial charge is 0.484 e. The monoisotopic (exact) mass is 405 g/mol. The Balaban J connectivity index is 0.00000280. The first-order chi connectivity index (χ1) is 13.1. The normalized spacial score (nSPS) is 14.3. The third-order valence-electron chi connectivity index (χ3n) is 4.98. The van der Waals surface area contributed by atoms with Crippen LogP contribution in [0.1, 0.15) is 53.3 Å². The molecule has 152 valence electrons. The van der Waals surface area contributed by atoms with Gasteiger partial charge in [0.05, 0.1) is 5.69 Å². The number of aromatic nitrogens is 2. The predicted molar refractivity (Wildman–Crippen MR) is 110 cm³/mol. The lowest BCUT2D eigenvalue weighted by molar-refractivity contribution is 0.0683. The van der Waals surface area contributed by atoms with E-state index in [0.717, 1.165) is 37.4 Å². The number of ether oxygens (including phenoxy) is 1. The van der Waals surface area contributed by atoms with Crippen molar-refractivity contribution in [2.45, 2.75) is 45.6 Å². The van der Waals surface area contributed by atoms with Gasteiger partial charge in [-0.3, -0.25) is 0 Å². The summed E-state index contributed by atoms with van der Waals surface area (Å²) in [6, 6.07) is 9.65. The molecule has 1 aliphatic rings. The third kappa shape index (κ3) is 6.17. The van der Waals surface area contributed by atoms with Crippen LogP contribution in [0.15, 0.2) is 30.3 Å². The highest BCUT2D eigenvalue weighted by Crippen LogP contribution is 2.24. The second-order valence-corrected chi connectivity index (χ2v) is 7.07. The van der Waals surface area contributed by atoms with Crippen LogP contribution in [0, 0.1) is 12.8 Å². The minimum Gasteiger partial charge on any atom is -0.484 e. The summed E-state index contributed by atoms with van der Waals surface area (Å²) in [6.07, 6.45) is 5.25. The highest BCUT2D eigenvalue weighted by Gasteiger charge is 2.20. The Kier molecular flexibility index (Phi) is 8.67. The number of carboxylic acids is 1. The summed E-state index contributed by atoms with van der Waals surface area (Å²) in [5.74, 6) is 0.516. The molecule has 3 rings (SSSR count). The number of hydrogen-bond acceptors (Lipinski definition) is 5. The fourth-order valence-corrected chi connectivity index (χ4v) is 3.50. The number of halogens is 1. The molecule has 1 aliphatic heterocycles. The van der Waals surface area contributed by atoms with E-state index in [1.54, 1.807) is 6.92 Å². The lowest BCUT2D eigenvalue weighted by atomic mass is 9.92. The van der Waals surface area contributed by atoms with Crippen molar-refractivity contribution in [2.75, 3.05) is 13.1 Å². The molecule has 28 heavy (non-hydrogen) atoms. The average Bonchev–Trinajstić information content (AvgIpc) is 2.68. The van der Waals surface area contributed by atoms with Crippen LogP contribution in [-0.4, -0.2) is 34.1 Å². The van der Waals surface area contributed by atoms with Crippen LogP contribution in [-0.2, 0) is 13.0 Å². The van der Waals surface area contributed by atoms with Crippen molar-refractivity contribution in [3.63, 3.8) is 0 Å². The molecule has 1 aromatic carbocycles. The summed E-state index contributed by atoms with van der Waals surface area (Å²) in [5.41, 5.74) is 1.50. The summed E-state index contributed by atoms with van der Waals surface area (Å²) >= 11 is 0. The Morgan fingerprint density at radius 2 is 1.93 bits per heavy atom. The van der Waals surface area contributed by atoms with Gasteiger partial charge in [0.25, 0.3) is 0 Å². The molecule has 0 amide bonds. The molecule has 0 spiro atoms. The molecule has 2 aromatic rings. The Bertz CT molecular complexity index is 765. The predicted octanol–water partition coefficient (Wildman–Crippen LogP) is 3.81. The van der Waals surface area contributed by atoms with Gasteiger partial charge >= 0.3 is 5.97 Å². The molecule has 0 radical (unpaired) electrons. The van der Waals surface area contributed by atoms with Crippen molar-refractivity contribution in [1.29, 1.82) is 0 Å². The molecule has 2 heterocycles. The fraction of sp³-hybridized carbons (Fsp3) is 0.476. The number of benzene rings is 1. The van der Waals surface area contributed by atoms with Gasteiger partial charge < -0.3 is 15.2 Å². The molecule has 0 unspecified atom stereocenters. The zero-order chi connectivity index (χ0) is 19.1. The lowest BCUT2D eigenvalue weighted by Crippen LogP contribution is -2.27. The molecule has 6 nitrogen and oxygen atoms in total. The Hall–Kier alpha value is -2.18. The molecule has 2 N–H and O–H groups in total. The summed E-state index contributed by atoms with van der Waals surface area (Å²) < 4.78 is 5.76. The van der Waals surface area contributed by atoms with Gasteiger partial charge in [-0.15, -0.1) is 12.4 Å². The Labute approximate surface area is 172 Å². The molecule has 0 saturated carbocycles. The number of nitrogens with zero attached hydrogens (tertiary/aromatic N) is 2. The maximum absolute atomic E-state index is 11.7. The molecule has 1 fully saturated rings. The van der Waals surface area contributed by atoms with Gasteiger partial charge in [-0.25, -0.2) is 14.8 Å². The summed E-state index contributed by atoms with van der Waals surface area (Å²) in [7, 11) is 0. The minimum absolute atomic E-state index is 0. The minimum atomic E-state index is -1.08. The van der Waals surface area contributed by atoms with E-state index in [1.807, 2.05) is 30.3 Å². The smallest absolute Gasteiger partial charge is 0.358 e. The second kappa shape index (κ2) is 11.0. The first-order valence-electron chi connectivity index (χ1n) is 9.61.